The molecule has 132 valence electrons. The predicted molar refractivity (Wildman–Crippen MR) is 113 cm³/mol. The molecule has 1 aliphatic heterocycles. The highest BCUT2D eigenvalue weighted by Crippen LogP contribution is 2.36. The Bertz CT molecular complexity index is 1140. The second kappa shape index (κ2) is 6.98. The summed E-state index contributed by atoms with van der Waals surface area (Å²) in [6.45, 7) is 0. The van der Waals surface area contributed by atoms with Crippen LogP contribution in [0.5, 0.6) is 0 Å². The van der Waals surface area contributed by atoms with Crippen molar-refractivity contribution in [2.45, 2.75) is 0 Å². The first-order valence-electron chi connectivity index (χ1n) is 8.13. The fourth-order valence-corrected chi connectivity index (χ4v) is 4.22. The molecule has 1 aliphatic rings. The minimum absolute atomic E-state index is 0.111. The number of hydrogen-bond acceptors (Lipinski definition) is 4. The van der Waals surface area contributed by atoms with Gasteiger partial charge in [0.25, 0.3) is 5.91 Å². The molecule has 0 atom stereocenters. The number of rotatable bonds is 3. The van der Waals surface area contributed by atoms with E-state index in [-0.39, 0.29) is 11.5 Å². The van der Waals surface area contributed by atoms with E-state index < -0.39 is 5.97 Å². The van der Waals surface area contributed by atoms with Crippen LogP contribution in [0, 0.1) is 0 Å². The average Bonchev–Trinajstić information content (AvgIpc) is 2.95. The van der Waals surface area contributed by atoms with Gasteiger partial charge in [0.2, 0.25) is 0 Å². The van der Waals surface area contributed by atoms with Crippen LogP contribution < -0.4 is 4.90 Å². The van der Waals surface area contributed by atoms with Gasteiger partial charge in [0.1, 0.15) is 0 Å². The lowest BCUT2D eigenvalue weighted by molar-refractivity contribution is -0.113. The van der Waals surface area contributed by atoms with Gasteiger partial charge in [0.05, 0.1) is 16.2 Å². The van der Waals surface area contributed by atoms with Gasteiger partial charge in [-0.15, -0.1) is 0 Å². The Morgan fingerprint density at radius 1 is 1.00 bits per heavy atom. The Hall–Kier alpha value is -2.96. The zero-order valence-corrected chi connectivity index (χ0v) is 15.6. The molecular weight excluding hydrogens is 378 g/mol. The van der Waals surface area contributed by atoms with Gasteiger partial charge in [0.15, 0.2) is 4.32 Å². The zero-order valence-electron chi connectivity index (χ0n) is 14.0. The molecule has 3 aromatic rings. The van der Waals surface area contributed by atoms with Crippen molar-refractivity contribution in [2.75, 3.05) is 4.90 Å². The summed E-state index contributed by atoms with van der Waals surface area (Å²) in [7, 11) is 0. The first kappa shape index (κ1) is 17.5. The summed E-state index contributed by atoms with van der Waals surface area (Å²) in [6, 6.07) is 20.2. The molecule has 1 fully saturated rings. The van der Waals surface area contributed by atoms with E-state index in [0.29, 0.717) is 14.9 Å². The van der Waals surface area contributed by atoms with Crippen LogP contribution in [0.1, 0.15) is 15.9 Å². The van der Waals surface area contributed by atoms with Gasteiger partial charge in [0, 0.05) is 0 Å². The minimum atomic E-state index is -1.05. The van der Waals surface area contributed by atoms with Crippen molar-refractivity contribution in [2.24, 2.45) is 0 Å². The van der Waals surface area contributed by atoms with Crippen molar-refractivity contribution in [3.8, 4) is 0 Å². The molecule has 0 aromatic heterocycles. The molecule has 1 amide bonds. The molecule has 0 radical (unpaired) electrons. The molecule has 27 heavy (non-hydrogen) atoms. The van der Waals surface area contributed by atoms with Crippen LogP contribution in [0.2, 0.25) is 0 Å². The topological polar surface area (TPSA) is 57.6 Å². The molecule has 4 nitrogen and oxygen atoms in total. The van der Waals surface area contributed by atoms with Crippen molar-refractivity contribution < 1.29 is 14.7 Å². The summed E-state index contributed by atoms with van der Waals surface area (Å²) in [4.78, 5) is 25.9. The van der Waals surface area contributed by atoms with E-state index >= 15 is 0 Å². The number of nitrogens with zero attached hydrogens (tertiary/aromatic N) is 1. The highest BCUT2D eigenvalue weighted by molar-refractivity contribution is 8.27. The summed E-state index contributed by atoms with van der Waals surface area (Å²) in [6.07, 6.45) is 1.81. The fraction of sp³-hybridized carbons (Fsp3) is 0. The summed E-state index contributed by atoms with van der Waals surface area (Å²) in [5.41, 5.74) is 1.48. The molecule has 0 unspecified atom stereocenters. The number of benzene rings is 3. The van der Waals surface area contributed by atoms with Crippen molar-refractivity contribution in [3.05, 3.63) is 82.8 Å². The first-order chi connectivity index (χ1) is 13.0. The van der Waals surface area contributed by atoms with E-state index in [2.05, 4.69) is 0 Å². The number of anilines is 1. The standard InChI is InChI=1S/C21H13NO3S2/c23-19-18(11-13-8-9-14-4-1-2-5-15(14)10-13)27-21(26)22(19)17-7-3-6-16(12-17)20(24)25/h1-12H,(H,24,25)/b18-11+. The van der Waals surface area contributed by atoms with Gasteiger partial charge in [-0.1, -0.05) is 66.4 Å². The summed E-state index contributed by atoms with van der Waals surface area (Å²) in [5, 5.41) is 11.4. The van der Waals surface area contributed by atoms with E-state index in [0.717, 1.165) is 16.3 Å². The van der Waals surface area contributed by atoms with E-state index in [1.807, 2.05) is 48.5 Å². The molecule has 1 N–H and O–H groups in total. The Kier molecular flexibility index (Phi) is 4.51. The van der Waals surface area contributed by atoms with Crippen LogP contribution in [0.15, 0.2) is 71.6 Å². The minimum Gasteiger partial charge on any atom is -0.478 e. The third kappa shape index (κ3) is 3.37. The summed E-state index contributed by atoms with van der Waals surface area (Å²) < 4.78 is 0.384. The van der Waals surface area contributed by atoms with Crippen LogP contribution in [0.25, 0.3) is 16.8 Å². The number of fused-ring (bicyclic) bond motifs is 1. The maximum Gasteiger partial charge on any atom is 0.335 e. The number of carbonyl (C=O) groups excluding carboxylic acids is 1. The fourth-order valence-electron chi connectivity index (χ4n) is 2.92. The lowest BCUT2D eigenvalue weighted by Crippen LogP contribution is -2.27. The Morgan fingerprint density at radius 3 is 2.56 bits per heavy atom. The highest BCUT2D eigenvalue weighted by Gasteiger charge is 2.33. The lowest BCUT2D eigenvalue weighted by atomic mass is 10.1. The lowest BCUT2D eigenvalue weighted by Gasteiger charge is -2.14. The van der Waals surface area contributed by atoms with Crippen molar-refractivity contribution in [1.29, 1.82) is 0 Å². The summed E-state index contributed by atoms with van der Waals surface area (Å²) >= 11 is 6.57. The molecular formula is C21H13NO3S2. The van der Waals surface area contributed by atoms with E-state index in [1.165, 1.54) is 28.8 Å². The maximum absolute atomic E-state index is 12.9. The maximum atomic E-state index is 12.9. The molecule has 6 heteroatoms. The second-order valence-corrected chi connectivity index (χ2v) is 7.65. The summed E-state index contributed by atoms with van der Waals surface area (Å²) in [5.74, 6) is -1.30. The molecule has 1 heterocycles. The number of thiocarbonyl (C=S) groups is 1. The Labute approximate surface area is 165 Å². The highest BCUT2D eigenvalue weighted by atomic mass is 32.2. The number of carboxylic acids is 1. The number of carboxylic acid groups (broad SMARTS) is 1. The van der Waals surface area contributed by atoms with E-state index in [1.54, 1.807) is 12.1 Å². The molecule has 1 saturated heterocycles. The van der Waals surface area contributed by atoms with E-state index in [9.17, 15) is 9.59 Å². The van der Waals surface area contributed by atoms with Crippen LogP contribution in [-0.2, 0) is 4.79 Å². The van der Waals surface area contributed by atoms with E-state index in [4.69, 9.17) is 17.3 Å². The third-order valence-electron chi connectivity index (χ3n) is 4.22. The van der Waals surface area contributed by atoms with Gasteiger partial charge in [-0.05, 0) is 46.7 Å². The normalized spacial score (nSPS) is 15.7. The third-order valence-corrected chi connectivity index (χ3v) is 5.52. The zero-order chi connectivity index (χ0) is 19.0. The monoisotopic (exact) mass is 391 g/mol. The Balaban J connectivity index is 1.68. The number of carbonyl (C=O) groups is 2. The largest absolute Gasteiger partial charge is 0.478 e. The first-order valence-corrected chi connectivity index (χ1v) is 9.35. The number of thioether (sulfide) groups is 1. The van der Waals surface area contributed by atoms with Crippen molar-refractivity contribution in [3.63, 3.8) is 0 Å². The predicted octanol–water partition coefficient (Wildman–Crippen LogP) is 4.94. The number of amides is 1. The van der Waals surface area contributed by atoms with Crippen molar-refractivity contribution >= 4 is 62.7 Å². The number of hydrogen-bond donors (Lipinski definition) is 1. The SMILES string of the molecule is O=C(O)c1cccc(N2C(=O)/C(=C\c3ccc4ccccc4c3)SC2=S)c1. The van der Waals surface area contributed by atoms with Gasteiger partial charge >= 0.3 is 5.97 Å². The molecule has 0 spiro atoms. The smallest absolute Gasteiger partial charge is 0.335 e. The quantitative estimate of drug-likeness (QED) is 0.506. The molecule has 0 saturated carbocycles. The van der Waals surface area contributed by atoms with Gasteiger partial charge in [-0.2, -0.15) is 0 Å². The number of aromatic carboxylic acids is 1. The molecule has 0 bridgehead atoms. The molecule has 3 aromatic carbocycles. The van der Waals surface area contributed by atoms with Crippen LogP contribution in [0.3, 0.4) is 0 Å². The van der Waals surface area contributed by atoms with Crippen molar-refractivity contribution in [1.82, 2.24) is 0 Å². The molecule has 4 rings (SSSR count). The Morgan fingerprint density at radius 2 is 1.78 bits per heavy atom. The van der Waals surface area contributed by atoms with Crippen LogP contribution in [-0.4, -0.2) is 21.3 Å². The second-order valence-electron chi connectivity index (χ2n) is 5.98. The average molecular weight is 391 g/mol. The van der Waals surface area contributed by atoms with Crippen LogP contribution in [0.4, 0.5) is 5.69 Å². The molecule has 0 aliphatic carbocycles. The van der Waals surface area contributed by atoms with Gasteiger partial charge < -0.3 is 5.11 Å². The van der Waals surface area contributed by atoms with Gasteiger partial charge in [-0.25, -0.2) is 4.79 Å². The van der Waals surface area contributed by atoms with Crippen LogP contribution >= 0.6 is 24.0 Å². The van der Waals surface area contributed by atoms with Gasteiger partial charge in [-0.3, -0.25) is 9.69 Å².